The van der Waals surface area contributed by atoms with Gasteiger partial charge in [0.05, 0.1) is 18.2 Å². The molecular weight excluding hydrogens is 238 g/mol. The number of nitriles is 1. The highest BCUT2D eigenvalue weighted by Gasteiger charge is 2.29. The van der Waals surface area contributed by atoms with Gasteiger partial charge >= 0.3 is 0 Å². The van der Waals surface area contributed by atoms with E-state index >= 15 is 0 Å². The molecule has 0 aliphatic heterocycles. The second kappa shape index (κ2) is 5.85. The quantitative estimate of drug-likeness (QED) is 0.805. The lowest BCUT2D eigenvalue weighted by Gasteiger charge is -2.21. The number of hydrogen-bond donors (Lipinski definition) is 0. The third kappa shape index (κ3) is 3.80. The highest BCUT2D eigenvalue weighted by Crippen LogP contribution is 2.25. The maximum absolute atomic E-state index is 12.0. The average molecular weight is 257 g/mol. The Morgan fingerprint density at radius 3 is 2.79 bits per heavy atom. The van der Waals surface area contributed by atoms with E-state index in [1.165, 1.54) is 0 Å². The van der Waals surface area contributed by atoms with E-state index in [1.807, 2.05) is 42.1 Å². The molecule has 19 heavy (non-hydrogen) atoms. The molecule has 0 spiro atoms. The van der Waals surface area contributed by atoms with Gasteiger partial charge in [0.15, 0.2) is 0 Å². The standard InChI is InChI=1S/C15H19N3O/c1-17(11-15(19)18(2)14-6-7-14)10-13-5-3-4-12(8-13)9-16/h3-5,8,14H,6-7,10-11H2,1-2H3. The Bertz CT molecular complexity index is 502. The predicted molar refractivity (Wildman–Crippen MR) is 73.3 cm³/mol. The monoisotopic (exact) mass is 257 g/mol. The number of rotatable bonds is 5. The molecule has 0 radical (unpaired) electrons. The zero-order valence-corrected chi connectivity index (χ0v) is 11.5. The third-order valence-corrected chi connectivity index (χ3v) is 3.40. The van der Waals surface area contributed by atoms with Crippen LogP contribution in [0.2, 0.25) is 0 Å². The first-order valence-electron chi connectivity index (χ1n) is 6.53. The van der Waals surface area contributed by atoms with Crippen LogP contribution in [0.15, 0.2) is 24.3 Å². The van der Waals surface area contributed by atoms with Gasteiger partial charge in [0.2, 0.25) is 5.91 Å². The van der Waals surface area contributed by atoms with Gasteiger partial charge in [-0.2, -0.15) is 5.26 Å². The fraction of sp³-hybridized carbons (Fsp3) is 0.467. The Hall–Kier alpha value is -1.86. The molecule has 1 aliphatic rings. The normalized spacial score (nSPS) is 14.2. The predicted octanol–water partition coefficient (Wildman–Crippen LogP) is 1.61. The smallest absolute Gasteiger partial charge is 0.236 e. The minimum absolute atomic E-state index is 0.168. The molecule has 1 aliphatic carbocycles. The second-order valence-corrected chi connectivity index (χ2v) is 5.22. The molecule has 0 unspecified atom stereocenters. The van der Waals surface area contributed by atoms with Crippen LogP contribution >= 0.6 is 0 Å². The van der Waals surface area contributed by atoms with Gasteiger partial charge < -0.3 is 4.90 Å². The number of carbonyl (C=O) groups excluding carboxylic acids is 1. The second-order valence-electron chi connectivity index (χ2n) is 5.22. The molecule has 4 heteroatoms. The summed E-state index contributed by atoms with van der Waals surface area (Å²) in [6.07, 6.45) is 2.27. The Labute approximate surface area is 114 Å². The lowest BCUT2D eigenvalue weighted by atomic mass is 10.1. The molecule has 100 valence electrons. The zero-order valence-electron chi connectivity index (χ0n) is 11.5. The van der Waals surface area contributed by atoms with Crippen molar-refractivity contribution in [3.63, 3.8) is 0 Å². The summed E-state index contributed by atoms with van der Waals surface area (Å²) >= 11 is 0. The van der Waals surface area contributed by atoms with Crippen LogP contribution in [-0.2, 0) is 11.3 Å². The maximum atomic E-state index is 12.0. The largest absolute Gasteiger partial charge is 0.342 e. The van der Waals surface area contributed by atoms with Gasteiger partial charge in [-0.05, 0) is 37.6 Å². The fourth-order valence-electron chi connectivity index (χ4n) is 2.11. The van der Waals surface area contributed by atoms with Crippen LogP contribution < -0.4 is 0 Å². The van der Waals surface area contributed by atoms with Crippen LogP contribution in [-0.4, -0.2) is 42.4 Å². The molecule has 1 saturated carbocycles. The molecule has 2 rings (SSSR count). The van der Waals surface area contributed by atoms with E-state index < -0.39 is 0 Å². The van der Waals surface area contributed by atoms with Gasteiger partial charge in [-0.1, -0.05) is 12.1 Å². The lowest BCUT2D eigenvalue weighted by molar-refractivity contribution is -0.131. The number of benzene rings is 1. The molecule has 0 bridgehead atoms. The van der Waals surface area contributed by atoms with Crippen LogP contribution in [0.3, 0.4) is 0 Å². The Kier molecular flexibility index (Phi) is 4.18. The SMILES string of the molecule is CN(CC(=O)N(C)C1CC1)Cc1cccc(C#N)c1. The average Bonchev–Trinajstić information content (AvgIpc) is 3.22. The van der Waals surface area contributed by atoms with E-state index in [4.69, 9.17) is 5.26 Å². The van der Waals surface area contributed by atoms with E-state index in [0.717, 1.165) is 18.4 Å². The van der Waals surface area contributed by atoms with Crippen molar-refractivity contribution in [3.8, 4) is 6.07 Å². The van der Waals surface area contributed by atoms with Crippen molar-refractivity contribution in [2.24, 2.45) is 0 Å². The van der Waals surface area contributed by atoms with Gasteiger partial charge in [0, 0.05) is 19.6 Å². The van der Waals surface area contributed by atoms with Gasteiger partial charge in [-0.25, -0.2) is 0 Å². The van der Waals surface area contributed by atoms with Crippen molar-refractivity contribution in [1.29, 1.82) is 5.26 Å². The van der Waals surface area contributed by atoms with Gasteiger partial charge in [0.1, 0.15) is 0 Å². The Morgan fingerprint density at radius 1 is 1.42 bits per heavy atom. The van der Waals surface area contributed by atoms with Gasteiger partial charge in [-0.15, -0.1) is 0 Å². The van der Waals surface area contributed by atoms with Gasteiger partial charge in [-0.3, -0.25) is 9.69 Å². The first kappa shape index (κ1) is 13.6. The summed E-state index contributed by atoms with van der Waals surface area (Å²) in [5.74, 6) is 0.168. The zero-order chi connectivity index (χ0) is 13.8. The number of carbonyl (C=O) groups is 1. The molecule has 1 amide bonds. The summed E-state index contributed by atoms with van der Waals surface area (Å²) in [4.78, 5) is 15.8. The molecule has 0 heterocycles. The number of nitrogens with zero attached hydrogens (tertiary/aromatic N) is 3. The number of amides is 1. The summed E-state index contributed by atoms with van der Waals surface area (Å²) in [6.45, 7) is 1.10. The third-order valence-electron chi connectivity index (χ3n) is 3.40. The Morgan fingerprint density at radius 2 is 2.16 bits per heavy atom. The maximum Gasteiger partial charge on any atom is 0.236 e. The summed E-state index contributed by atoms with van der Waals surface area (Å²) in [5.41, 5.74) is 1.72. The van der Waals surface area contributed by atoms with Gasteiger partial charge in [0.25, 0.3) is 0 Å². The molecule has 1 fully saturated rings. The topological polar surface area (TPSA) is 47.3 Å². The van der Waals surface area contributed by atoms with E-state index in [1.54, 1.807) is 6.07 Å². The molecule has 0 atom stereocenters. The number of hydrogen-bond acceptors (Lipinski definition) is 3. The van der Waals surface area contributed by atoms with Crippen molar-refractivity contribution in [1.82, 2.24) is 9.80 Å². The lowest BCUT2D eigenvalue weighted by Crippen LogP contribution is -2.37. The van der Waals surface area contributed by atoms with Crippen molar-refractivity contribution in [2.75, 3.05) is 20.6 Å². The molecule has 1 aromatic rings. The Balaban J connectivity index is 1.88. The highest BCUT2D eigenvalue weighted by atomic mass is 16.2. The van der Waals surface area contributed by atoms with E-state index in [-0.39, 0.29) is 5.91 Å². The van der Waals surface area contributed by atoms with E-state index in [0.29, 0.717) is 24.7 Å². The molecule has 4 nitrogen and oxygen atoms in total. The summed E-state index contributed by atoms with van der Waals surface area (Å²) in [7, 11) is 3.81. The summed E-state index contributed by atoms with van der Waals surface area (Å²) < 4.78 is 0. The van der Waals surface area contributed by atoms with Crippen LogP contribution in [0.1, 0.15) is 24.0 Å². The highest BCUT2D eigenvalue weighted by molar-refractivity contribution is 5.78. The first-order valence-corrected chi connectivity index (χ1v) is 6.53. The van der Waals surface area contributed by atoms with Crippen molar-refractivity contribution < 1.29 is 4.79 Å². The minimum Gasteiger partial charge on any atom is -0.342 e. The van der Waals surface area contributed by atoms with Crippen LogP contribution in [0.5, 0.6) is 0 Å². The molecule has 0 N–H and O–H groups in total. The summed E-state index contributed by atoms with van der Waals surface area (Å²) in [6, 6.07) is 10.1. The van der Waals surface area contributed by atoms with Crippen molar-refractivity contribution >= 4 is 5.91 Å². The van der Waals surface area contributed by atoms with Crippen molar-refractivity contribution in [3.05, 3.63) is 35.4 Å². The fourth-order valence-corrected chi connectivity index (χ4v) is 2.11. The molecule has 0 saturated heterocycles. The molecular formula is C15H19N3O. The number of likely N-dealkylation sites (N-methyl/N-ethyl adjacent to an activating group) is 2. The summed E-state index contributed by atoms with van der Waals surface area (Å²) in [5, 5.41) is 8.86. The molecule has 1 aromatic carbocycles. The minimum atomic E-state index is 0.168. The van der Waals surface area contributed by atoms with Crippen LogP contribution in [0.4, 0.5) is 0 Å². The van der Waals surface area contributed by atoms with Crippen LogP contribution in [0.25, 0.3) is 0 Å². The van der Waals surface area contributed by atoms with E-state index in [9.17, 15) is 4.79 Å². The van der Waals surface area contributed by atoms with Crippen LogP contribution in [0, 0.1) is 11.3 Å². The molecule has 0 aromatic heterocycles. The van der Waals surface area contributed by atoms with E-state index in [2.05, 4.69) is 6.07 Å². The first-order chi connectivity index (χ1) is 9.10. The van der Waals surface area contributed by atoms with Crippen molar-refractivity contribution in [2.45, 2.75) is 25.4 Å².